The number of fused-ring (bicyclic) bond motifs is 1. The number of carboxylic acids is 1. The first kappa shape index (κ1) is 22.0. The molecule has 0 saturated carbocycles. The molecule has 0 aliphatic rings. The van der Waals surface area contributed by atoms with E-state index < -0.39 is 5.97 Å². The Morgan fingerprint density at radius 3 is 2.16 bits per heavy atom. The molecule has 0 aliphatic carbocycles. The summed E-state index contributed by atoms with van der Waals surface area (Å²) in [5, 5.41) is 11.9. The summed E-state index contributed by atoms with van der Waals surface area (Å²) in [6.07, 6.45) is 3.98. The Balaban J connectivity index is 2.07. The van der Waals surface area contributed by atoms with Gasteiger partial charge in [-0.2, -0.15) is 0 Å². The number of thioether (sulfide) groups is 1. The van der Waals surface area contributed by atoms with Crippen molar-refractivity contribution < 1.29 is 14.6 Å². The summed E-state index contributed by atoms with van der Waals surface area (Å²) in [6, 6.07) is 26.0. The Labute approximate surface area is 193 Å². The van der Waals surface area contributed by atoms with Crippen LogP contribution in [0.25, 0.3) is 33.0 Å². The van der Waals surface area contributed by atoms with Gasteiger partial charge in [-0.05, 0) is 53.0 Å². The van der Waals surface area contributed by atoms with Gasteiger partial charge in [0, 0.05) is 15.8 Å². The van der Waals surface area contributed by atoms with Crippen LogP contribution in [0.15, 0.2) is 83.8 Å². The maximum absolute atomic E-state index is 12.3. The standard InChI is InChI=1S/C28H26O3S/c1-3-4-15-31-25-17-24(28(29)30)27(20-13-9-6-10-14-20)23-18-26(32-2)21(16-22(23)25)19-11-7-5-8-12-19/h5-14,16-18H,3-4,15H2,1-2H3,(H,29,30). The van der Waals surface area contributed by atoms with E-state index >= 15 is 0 Å². The van der Waals surface area contributed by atoms with Crippen LogP contribution in [-0.4, -0.2) is 23.9 Å². The van der Waals surface area contributed by atoms with Gasteiger partial charge in [-0.25, -0.2) is 4.79 Å². The lowest BCUT2D eigenvalue weighted by Gasteiger charge is -2.19. The number of carboxylic acid groups (broad SMARTS) is 1. The average Bonchev–Trinajstić information content (AvgIpc) is 2.84. The second-order valence-electron chi connectivity index (χ2n) is 7.63. The molecule has 4 aromatic carbocycles. The molecule has 3 nitrogen and oxygen atoms in total. The van der Waals surface area contributed by atoms with Crippen LogP contribution in [0.4, 0.5) is 0 Å². The van der Waals surface area contributed by atoms with Crippen molar-refractivity contribution in [2.45, 2.75) is 24.7 Å². The Bertz CT molecular complexity index is 1230. The molecule has 0 aromatic heterocycles. The summed E-state index contributed by atoms with van der Waals surface area (Å²) < 4.78 is 6.14. The van der Waals surface area contributed by atoms with Crippen molar-refractivity contribution in [1.82, 2.24) is 0 Å². The number of aromatic carboxylic acids is 1. The van der Waals surface area contributed by atoms with E-state index in [2.05, 4.69) is 37.4 Å². The maximum Gasteiger partial charge on any atom is 0.336 e. The van der Waals surface area contributed by atoms with Crippen molar-refractivity contribution in [2.75, 3.05) is 12.9 Å². The molecule has 4 heteroatoms. The van der Waals surface area contributed by atoms with Crippen LogP contribution in [0, 0.1) is 0 Å². The quantitative estimate of drug-likeness (QED) is 0.224. The van der Waals surface area contributed by atoms with Gasteiger partial charge in [0.25, 0.3) is 0 Å². The lowest BCUT2D eigenvalue weighted by atomic mass is 9.90. The predicted molar refractivity (Wildman–Crippen MR) is 134 cm³/mol. The van der Waals surface area contributed by atoms with Crippen LogP contribution >= 0.6 is 11.8 Å². The number of carbonyl (C=O) groups is 1. The Morgan fingerprint density at radius 2 is 1.56 bits per heavy atom. The van der Waals surface area contributed by atoms with E-state index in [1.165, 1.54) is 0 Å². The summed E-state index contributed by atoms with van der Waals surface area (Å²) in [4.78, 5) is 13.4. The van der Waals surface area contributed by atoms with Crippen LogP contribution < -0.4 is 4.74 Å². The van der Waals surface area contributed by atoms with Gasteiger partial charge in [-0.3, -0.25) is 0 Å². The Hall–Kier alpha value is -3.24. The predicted octanol–water partition coefficient (Wildman–Crippen LogP) is 7.77. The first-order chi connectivity index (χ1) is 15.6. The largest absolute Gasteiger partial charge is 0.493 e. The van der Waals surface area contributed by atoms with Crippen molar-refractivity contribution in [3.8, 4) is 28.0 Å². The smallest absolute Gasteiger partial charge is 0.336 e. The van der Waals surface area contributed by atoms with Gasteiger partial charge >= 0.3 is 5.97 Å². The number of hydrogen-bond acceptors (Lipinski definition) is 3. The highest BCUT2D eigenvalue weighted by Crippen LogP contribution is 2.43. The zero-order chi connectivity index (χ0) is 22.5. The molecule has 0 amide bonds. The maximum atomic E-state index is 12.3. The lowest BCUT2D eigenvalue weighted by molar-refractivity contribution is 0.0697. The molecule has 0 radical (unpaired) electrons. The van der Waals surface area contributed by atoms with Crippen molar-refractivity contribution in [3.05, 3.63) is 84.4 Å². The first-order valence-corrected chi connectivity index (χ1v) is 12.0. The topological polar surface area (TPSA) is 46.5 Å². The Kier molecular flexibility index (Phi) is 6.81. The number of unbranched alkanes of at least 4 members (excludes halogenated alkanes) is 1. The van der Waals surface area contributed by atoms with Crippen molar-refractivity contribution in [3.63, 3.8) is 0 Å². The highest BCUT2D eigenvalue weighted by Gasteiger charge is 2.21. The van der Waals surface area contributed by atoms with Gasteiger partial charge < -0.3 is 9.84 Å². The molecule has 0 aliphatic heterocycles. The SMILES string of the molecule is CCCCOc1cc(C(=O)O)c(-c2ccccc2)c2cc(SC)c(-c3ccccc3)cc12. The fraction of sp³-hybridized carbons (Fsp3) is 0.179. The van der Waals surface area contributed by atoms with E-state index in [1.54, 1.807) is 17.8 Å². The minimum absolute atomic E-state index is 0.259. The molecule has 0 fully saturated rings. The van der Waals surface area contributed by atoms with E-state index in [0.717, 1.165) is 50.8 Å². The van der Waals surface area contributed by atoms with Gasteiger partial charge in [-0.1, -0.05) is 74.0 Å². The molecule has 162 valence electrons. The molecular weight excluding hydrogens is 416 g/mol. The molecule has 0 atom stereocenters. The third kappa shape index (κ3) is 4.37. The highest BCUT2D eigenvalue weighted by atomic mass is 32.2. The molecule has 1 N–H and O–H groups in total. The van der Waals surface area contributed by atoms with Crippen LogP contribution in [0.1, 0.15) is 30.1 Å². The van der Waals surface area contributed by atoms with E-state index in [4.69, 9.17) is 4.74 Å². The third-order valence-electron chi connectivity index (χ3n) is 5.55. The molecule has 0 unspecified atom stereocenters. The molecule has 32 heavy (non-hydrogen) atoms. The summed E-state index contributed by atoms with van der Waals surface area (Å²) in [6.45, 7) is 2.67. The summed E-state index contributed by atoms with van der Waals surface area (Å²) in [5.41, 5.74) is 4.12. The van der Waals surface area contributed by atoms with E-state index in [9.17, 15) is 9.90 Å². The van der Waals surface area contributed by atoms with Crippen LogP contribution in [0.3, 0.4) is 0 Å². The van der Waals surface area contributed by atoms with Gasteiger partial charge in [0.2, 0.25) is 0 Å². The zero-order valence-corrected chi connectivity index (χ0v) is 19.1. The van der Waals surface area contributed by atoms with E-state index in [0.29, 0.717) is 12.4 Å². The van der Waals surface area contributed by atoms with E-state index in [-0.39, 0.29) is 5.56 Å². The molecule has 0 heterocycles. The van der Waals surface area contributed by atoms with Crippen molar-refractivity contribution in [2.24, 2.45) is 0 Å². The van der Waals surface area contributed by atoms with Gasteiger partial charge in [-0.15, -0.1) is 11.8 Å². The summed E-state index contributed by atoms with van der Waals surface area (Å²) >= 11 is 1.66. The van der Waals surface area contributed by atoms with Gasteiger partial charge in [0.05, 0.1) is 12.2 Å². The minimum Gasteiger partial charge on any atom is -0.493 e. The van der Waals surface area contributed by atoms with Crippen molar-refractivity contribution in [1.29, 1.82) is 0 Å². The van der Waals surface area contributed by atoms with Gasteiger partial charge in [0.1, 0.15) is 5.75 Å². The number of ether oxygens (including phenoxy) is 1. The van der Waals surface area contributed by atoms with E-state index in [1.807, 2.05) is 48.5 Å². The molecule has 0 saturated heterocycles. The van der Waals surface area contributed by atoms with Crippen LogP contribution in [0.5, 0.6) is 5.75 Å². The average molecular weight is 443 g/mol. The first-order valence-electron chi connectivity index (χ1n) is 10.8. The number of rotatable bonds is 8. The number of hydrogen-bond donors (Lipinski definition) is 1. The monoisotopic (exact) mass is 442 g/mol. The lowest BCUT2D eigenvalue weighted by Crippen LogP contribution is -2.04. The fourth-order valence-corrected chi connectivity index (χ4v) is 4.59. The molecule has 0 bridgehead atoms. The van der Waals surface area contributed by atoms with Crippen LogP contribution in [-0.2, 0) is 0 Å². The molecule has 0 spiro atoms. The molecule has 4 aromatic rings. The highest BCUT2D eigenvalue weighted by molar-refractivity contribution is 7.98. The Morgan fingerprint density at radius 1 is 0.906 bits per heavy atom. The third-order valence-corrected chi connectivity index (χ3v) is 6.33. The zero-order valence-electron chi connectivity index (χ0n) is 18.3. The normalized spacial score (nSPS) is 10.9. The van der Waals surface area contributed by atoms with Crippen molar-refractivity contribution >= 4 is 28.5 Å². The van der Waals surface area contributed by atoms with Crippen LogP contribution in [0.2, 0.25) is 0 Å². The second-order valence-corrected chi connectivity index (χ2v) is 8.48. The summed E-state index contributed by atoms with van der Waals surface area (Å²) in [5.74, 6) is -0.334. The van der Waals surface area contributed by atoms with Gasteiger partial charge in [0.15, 0.2) is 0 Å². The second kappa shape index (κ2) is 9.92. The molecule has 4 rings (SSSR count). The fourth-order valence-electron chi connectivity index (χ4n) is 3.96. The summed E-state index contributed by atoms with van der Waals surface area (Å²) in [7, 11) is 0. The number of benzene rings is 4. The molecular formula is C28H26O3S. The minimum atomic E-state index is -0.955.